The van der Waals surface area contributed by atoms with Gasteiger partial charge in [0.25, 0.3) is 0 Å². The summed E-state index contributed by atoms with van der Waals surface area (Å²) in [6.07, 6.45) is 1.92. The van der Waals surface area contributed by atoms with Gasteiger partial charge in [-0.3, -0.25) is 4.79 Å². The largest absolute Gasteiger partial charge is 0.378 e. The van der Waals surface area contributed by atoms with E-state index in [2.05, 4.69) is 0 Å². The summed E-state index contributed by atoms with van der Waals surface area (Å²) >= 11 is 0. The van der Waals surface area contributed by atoms with Gasteiger partial charge < -0.3 is 4.74 Å². The van der Waals surface area contributed by atoms with E-state index in [1.807, 2.05) is 0 Å². The van der Waals surface area contributed by atoms with Crippen molar-refractivity contribution in [2.45, 2.75) is 30.2 Å². The van der Waals surface area contributed by atoms with E-state index in [1.54, 1.807) is 0 Å². The van der Waals surface area contributed by atoms with E-state index in [1.165, 1.54) is 22.5 Å². The second-order valence-electron chi connectivity index (χ2n) is 5.65. The monoisotopic (exact) mass is 327 g/mol. The Kier molecular flexibility index (Phi) is 4.29. The topological polar surface area (TPSA) is 63.7 Å². The number of halogens is 1. The summed E-state index contributed by atoms with van der Waals surface area (Å²) in [6.45, 7) is 0.584. The summed E-state index contributed by atoms with van der Waals surface area (Å²) in [4.78, 5) is 11.7. The molecule has 2 aliphatic rings. The van der Waals surface area contributed by atoms with Crippen LogP contribution in [0.1, 0.15) is 19.3 Å². The Balaban J connectivity index is 1.96. The molecule has 1 heterocycles. The minimum Gasteiger partial charge on any atom is -0.378 e. The smallest absolute Gasteiger partial charge is 0.246 e. The van der Waals surface area contributed by atoms with Crippen molar-refractivity contribution in [1.82, 2.24) is 4.31 Å². The van der Waals surface area contributed by atoms with Crippen molar-refractivity contribution in [2.24, 2.45) is 5.92 Å². The zero-order valence-electron chi connectivity index (χ0n) is 12.1. The summed E-state index contributed by atoms with van der Waals surface area (Å²) in [5.41, 5.74) is 0. The van der Waals surface area contributed by atoms with Crippen molar-refractivity contribution in [3.63, 3.8) is 0 Å². The molecular weight excluding hydrogens is 309 g/mol. The van der Waals surface area contributed by atoms with Crippen LogP contribution in [0.5, 0.6) is 0 Å². The number of rotatable bonds is 3. The van der Waals surface area contributed by atoms with Gasteiger partial charge in [0.1, 0.15) is 16.5 Å². The van der Waals surface area contributed by atoms with Gasteiger partial charge in [-0.05, 0) is 25.0 Å². The highest BCUT2D eigenvalue weighted by Crippen LogP contribution is 2.32. The molecule has 1 aromatic carbocycles. The standard InChI is InChI=1S/C15H18FNO4S/c16-12-5-1-2-7-15(12)22(19,20)17-8-9-21-10-13(17)11-4-3-6-14(11)18/h1-2,5,7,11,13H,3-4,6,8-10H2. The molecule has 22 heavy (non-hydrogen) atoms. The number of Topliss-reactive ketones (excluding diaryl/α,β-unsaturated/α-hetero) is 1. The third kappa shape index (κ3) is 2.68. The van der Waals surface area contributed by atoms with Crippen LogP contribution in [-0.4, -0.2) is 44.3 Å². The van der Waals surface area contributed by atoms with E-state index >= 15 is 0 Å². The fourth-order valence-electron chi connectivity index (χ4n) is 3.25. The Hall–Kier alpha value is -1.31. The Morgan fingerprint density at radius 2 is 2.05 bits per heavy atom. The van der Waals surface area contributed by atoms with Gasteiger partial charge in [0.05, 0.1) is 19.3 Å². The maximum Gasteiger partial charge on any atom is 0.246 e. The highest BCUT2D eigenvalue weighted by molar-refractivity contribution is 7.89. The van der Waals surface area contributed by atoms with Crippen molar-refractivity contribution in [3.8, 4) is 0 Å². The number of ether oxygens (including phenoxy) is 1. The minimum absolute atomic E-state index is 0.0734. The van der Waals surface area contributed by atoms with Crippen molar-refractivity contribution in [2.75, 3.05) is 19.8 Å². The van der Waals surface area contributed by atoms with Crippen LogP contribution in [0.25, 0.3) is 0 Å². The zero-order valence-corrected chi connectivity index (χ0v) is 12.9. The van der Waals surface area contributed by atoms with E-state index in [9.17, 15) is 17.6 Å². The molecule has 120 valence electrons. The van der Waals surface area contributed by atoms with Crippen LogP contribution in [0.2, 0.25) is 0 Å². The average Bonchev–Trinajstić information content (AvgIpc) is 2.93. The molecule has 1 saturated heterocycles. The number of ketones is 1. The third-order valence-electron chi connectivity index (χ3n) is 4.35. The maximum absolute atomic E-state index is 13.9. The number of carbonyl (C=O) groups excluding carboxylic acids is 1. The fraction of sp³-hybridized carbons (Fsp3) is 0.533. The van der Waals surface area contributed by atoms with Gasteiger partial charge in [-0.15, -0.1) is 0 Å². The number of nitrogens with zero attached hydrogens (tertiary/aromatic N) is 1. The molecule has 5 nitrogen and oxygen atoms in total. The molecule has 0 N–H and O–H groups in total. The Morgan fingerprint density at radius 1 is 1.27 bits per heavy atom. The van der Waals surface area contributed by atoms with Crippen molar-refractivity contribution in [1.29, 1.82) is 0 Å². The van der Waals surface area contributed by atoms with E-state index in [4.69, 9.17) is 4.74 Å². The summed E-state index contributed by atoms with van der Waals surface area (Å²) in [5.74, 6) is -1.04. The molecule has 7 heteroatoms. The molecule has 1 saturated carbocycles. The van der Waals surface area contributed by atoms with E-state index in [0.717, 1.165) is 12.5 Å². The van der Waals surface area contributed by atoms with Crippen LogP contribution in [0.4, 0.5) is 4.39 Å². The summed E-state index contributed by atoms with van der Waals surface area (Å²) in [6, 6.07) is 4.79. The van der Waals surface area contributed by atoms with Gasteiger partial charge in [-0.2, -0.15) is 4.31 Å². The van der Waals surface area contributed by atoms with Crippen LogP contribution >= 0.6 is 0 Å². The highest BCUT2D eigenvalue weighted by atomic mass is 32.2. The molecule has 0 amide bonds. The number of carbonyl (C=O) groups is 1. The van der Waals surface area contributed by atoms with Crippen LogP contribution in [0, 0.1) is 11.7 Å². The number of sulfonamides is 1. The maximum atomic E-state index is 13.9. The number of hydrogen-bond donors (Lipinski definition) is 0. The lowest BCUT2D eigenvalue weighted by Crippen LogP contribution is -2.53. The summed E-state index contributed by atoms with van der Waals surface area (Å²) in [5, 5.41) is 0. The van der Waals surface area contributed by atoms with Crippen LogP contribution in [0.15, 0.2) is 29.2 Å². The van der Waals surface area contributed by atoms with Gasteiger partial charge >= 0.3 is 0 Å². The van der Waals surface area contributed by atoms with E-state index in [0.29, 0.717) is 12.8 Å². The first-order chi connectivity index (χ1) is 10.5. The van der Waals surface area contributed by atoms with Crippen LogP contribution < -0.4 is 0 Å². The predicted molar refractivity (Wildman–Crippen MR) is 77.2 cm³/mol. The number of benzene rings is 1. The van der Waals surface area contributed by atoms with Gasteiger partial charge in [-0.1, -0.05) is 12.1 Å². The molecular formula is C15H18FNO4S. The van der Waals surface area contributed by atoms with Gasteiger partial charge in [0, 0.05) is 18.9 Å². The third-order valence-corrected chi connectivity index (χ3v) is 6.31. The van der Waals surface area contributed by atoms with Gasteiger partial charge in [0.2, 0.25) is 10.0 Å². The first-order valence-corrected chi connectivity index (χ1v) is 8.82. The molecule has 0 spiro atoms. The summed E-state index contributed by atoms with van der Waals surface area (Å²) < 4.78 is 46.2. The lowest BCUT2D eigenvalue weighted by Gasteiger charge is -2.37. The summed E-state index contributed by atoms with van der Waals surface area (Å²) in [7, 11) is -3.98. The number of hydrogen-bond acceptors (Lipinski definition) is 4. The lowest BCUT2D eigenvalue weighted by molar-refractivity contribution is -0.123. The first kappa shape index (κ1) is 15.6. The molecule has 1 aromatic rings. The van der Waals surface area contributed by atoms with E-state index in [-0.39, 0.29) is 36.4 Å². The molecule has 3 rings (SSSR count). The Morgan fingerprint density at radius 3 is 2.73 bits per heavy atom. The SMILES string of the molecule is O=C1CCCC1C1COCCN1S(=O)(=O)c1ccccc1F. The van der Waals surface area contributed by atoms with Crippen molar-refractivity contribution >= 4 is 15.8 Å². The normalized spacial score (nSPS) is 27.2. The fourth-order valence-corrected chi connectivity index (χ4v) is 4.95. The lowest BCUT2D eigenvalue weighted by atomic mass is 9.97. The Labute approximate surface area is 129 Å². The molecule has 1 aliphatic heterocycles. The van der Waals surface area contributed by atoms with Crippen LogP contribution in [-0.2, 0) is 19.6 Å². The highest BCUT2D eigenvalue weighted by Gasteiger charge is 2.43. The minimum atomic E-state index is -3.98. The van der Waals surface area contributed by atoms with Crippen LogP contribution in [0.3, 0.4) is 0 Å². The van der Waals surface area contributed by atoms with Crippen molar-refractivity contribution < 1.29 is 22.3 Å². The average molecular weight is 327 g/mol. The molecule has 2 atom stereocenters. The molecule has 0 bridgehead atoms. The predicted octanol–water partition coefficient (Wildman–Crippen LogP) is 1.58. The number of morpholine rings is 1. The second-order valence-corrected chi connectivity index (χ2v) is 7.51. The molecule has 0 aromatic heterocycles. The van der Waals surface area contributed by atoms with Gasteiger partial charge in [-0.25, -0.2) is 12.8 Å². The first-order valence-electron chi connectivity index (χ1n) is 7.38. The molecule has 1 aliphatic carbocycles. The molecule has 2 unspecified atom stereocenters. The Bertz CT molecular complexity index is 676. The zero-order chi connectivity index (χ0) is 15.7. The second kappa shape index (κ2) is 6.06. The van der Waals surface area contributed by atoms with E-state index < -0.39 is 21.9 Å². The van der Waals surface area contributed by atoms with Crippen molar-refractivity contribution in [3.05, 3.63) is 30.1 Å². The van der Waals surface area contributed by atoms with Gasteiger partial charge in [0.15, 0.2) is 0 Å². The molecule has 2 fully saturated rings. The quantitative estimate of drug-likeness (QED) is 0.846. The molecule has 0 radical (unpaired) electrons.